The van der Waals surface area contributed by atoms with Gasteiger partial charge in [0.2, 0.25) is 0 Å². The number of benzene rings is 3. The molecule has 3 aromatic rings. The van der Waals surface area contributed by atoms with Crippen molar-refractivity contribution in [2.24, 2.45) is 5.10 Å². The molecule has 0 aromatic heterocycles. The number of rotatable bonds is 9. The predicted molar refractivity (Wildman–Crippen MR) is 145 cm³/mol. The summed E-state index contributed by atoms with van der Waals surface area (Å²) < 4.78 is 43.8. The average molecular weight is 575 g/mol. The lowest BCUT2D eigenvalue weighted by Gasteiger charge is -2.11. The van der Waals surface area contributed by atoms with Crippen molar-refractivity contribution in [2.45, 2.75) is 32.5 Å². The van der Waals surface area contributed by atoms with Gasteiger partial charge in [0.15, 0.2) is 6.61 Å². The molecule has 0 aliphatic rings. The summed E-state index contributed by atoms with van der Waals surface area (Å²) in [5.74, 6) is -1.96. The number of nitrogens with one attached hydrogen (secondary N) is 3. The summed E-state index contributed by atoms with van der Waals surface area (Å²) in [5.41, 5.74) is 3.67. The van der Waals surface area contributed by atoms with E-state index in [4.69, 9.17) is 16.3 Å². The Kier molecular flexibility index (Phi) is 10.3. The largest absolute Gasteiger partial charge is 0.482 e. The maximum absolute atomic E-state index is 12.8. The van der Waals surface area contributed by atoms with E-state index in [-0.39, 0.29) is 23.0 Å². The molecule has 3 rings (SSSR count). The molecule has 0 unspecified atom stereocenters. The number of nitrogens with zero attached hydrogens (tertiary/aromatic N) is 1. The quantitative estimate of drug-likeness (QED) is 0.184. The number of hydrazone groups is 1. The molecule has 12 heteroatoms. The molecule has 3 aromatic carbocycles. The molecule has 0 bridgehead atoms. The third-order valence-corrected chi connectivity index (χ3v) is 5.77. The minimum Gasteiger partial charge on any atom is -0.482 e. The maximum Gasteiger partial charge on any atom is 0.416 e. The van der Waals surface area contributed by atoms with E-state index in [1.807, 2.05) is 24.3 Å². The highest BCUT2D eigenvalue weighted by Gasteiger charge is 2.30. The highest BCUT2D eigenvalue weighted by Crippen LogP contribution is 2.30. The van der Waals surface area contributed by atoms with Crippen LogP contribution >= 0.6 is 11.6 Å². The first kappa shape index (κ1) is 30.2. The van der Waals surface area contributed by atoms with E-state index in [0.717, 1.165) is 17.7 Å². The number of halogens is 4. The number of amides is 3. The van der Waals surface area contributed by atoms with Crippen LogP contribution in [0, 0.1) is 0 Å². The van der Waals surface area contributed by atoms with Gasteiger partial charge in [-0.3, -0.25) is 14.4 Å². The summed E-state index contributed by atoms with van der Waals surface area (Å²) in [6.45, 7) is 3.84. The first-order chi connectivity index (χ1) is 18.9. The zero-order valence-electron chi connectivity index (χ0n) is 21.5. The van der Waals surface area contributed by atoms with Gasteiger partial charge in [-0.05, 0) is 59.0 Å². The van der Waals surface area contributed by atoms with Crippen LogP contribution in [0.2, 0.25) is 5.02 Å². The van der Waals surface area contributed by atoms with Crippen molar-refractivity contribution in [1.29, 1.82) is 0 Å². The van der Waals surface area contributed by atoms with Gasteiger partial charge in [-0.1, -0.05) is 55.8 Å². The molecule has 0 fully saturated rings. The lowest BCUT2D eigenvalue weighted by atomic mass is 10.0. The molecule has 210 valence electrons. The monoisotopic (exact) mass is 574 g/mol. The zero-order valence-corrected chi connectivity index (χ0v) is 22.3. The SMILES string of the molecule is CC(C)c1ccc(CNC(=O)C(=O)N/N=C\c2ccc(OCC(=O)Nc3cccc(C(F)(F)F)c3)c(Cl)c2)cc1. The summed E-state index contributed by atoms with van der Waals surface area (Å²) in [6.07, 6.45) is -3.28. The van der Waals surface area contributed by atoms with Crippen LogP contribution in [-0.2, 0) is 27.1 Å². The van der Waals surface area contributed by atoms with Crippen LogP contribution in [0.15, 0.2) is 71.8 Å². The Morgan fingerprint density at radius 2 is 1.73 bits per heavy atom. The van der Waals surface area contributed by atoms with Gasteiger partial charge in [-0.2, -0.15) is 18.3 Å². The first-order valence-corrected chi connectivity index (χ1v) is 12.4. The third-order valence-electron chi connectivity index (χ3n) is 5.47. The second-order valence-electron chi connectivity index (χ2n) is 8.88. The van der Waals surface area contributed by atoms with Crippen LogP contribution in [0.25, 0.3) is 0 Å². The van der Waals surface area contributed by atoms with E-state index < -0.39 is 36.1 Å². The van der Waals surface area contributed by atoms with Gasteiger partial charge in [0, 0.05) is 12.2 Å². The number of alkyl halides is 3. The van der Waals surface area contributed by atoms with Gasteiger partial charge < -0.3 is 15.4 Å². The minimum atomic E-state index is -4.54. The van der Waals surface area contributed by atoms with Crippen LogP contribution in [0.5, 0.6) is 5.75 Å². The molecule has 0 atom stereocenters. The van der Waals surface area contributed by atoms with Gasteiger partial charge in [0.25, 0.3) is 5.91 Å². The van der Waals surface area contributed by atoms with E-state index in [1.54, 1.807) is 0 Å². The fraction of sp³-hybridized carbons (Fsp3) is 0.214. The molecule has 8 nitrogen and oxygen atoms in total. The first-order valence-electron chi connectivity index (χ1n) is 12.0. The molecule has 3 N–H and O–H groups in total. The summed E-state index contributed by atoms with van der Waals surface area (Å²) in [7, 11) is 0. The Morgan fingerprint density at radius 3 is 2.38 bits per heavy atom. The maximum atomic E-state index is 12.8. The summed E-state index contributed by atoms with van der Waals surface area (Å²) in [6, 6.07) is 16.3. The van der Waals surface area contributed by atoms with Crippen molar-refractivity contribution in [2.75, 3.05) is 11.9 Å². The van der Waals surface area contributed by atoms with E-state index in [1.165, 1.54) is 42.1 Å². The second kappa shape index (κ2) is 13.6. The van der Waals surface area contributed by atoms with Crippen LogP contribution in [-0.4, -0.2) is 30.5 Å². The number of carbonyl (C=O) groups excluding carboxylic acids is 3. The van der Waals surface area contributed by atoms with Gasteiger partial charge in [-0.15, -0.1) is 0 Å². The number of carbonyl (C=O) groups is 3. The standard InChI is InChI=1S/C28H26ClF3N4O4/c1-17(2)20-9-6-18(7-10-20)14-33-26(38)27(39)36-34-15-19-8-11-24(23(29)12-19)40-16-25(37)35-22-5-3-4-21(13-22)28(30,31)32/h3-13,15,17H,14,16H2,1-2H3,(H,33,38)(H,35,37)(H,36,39)/b34-15-. The van der Waals surface area contributed by atoms with Gasteiger partial charge in [0.1, 0.15) is 5.75 Å². The van der Waals surface area contributed by atoms with Crippen LogP contribution in [0.4, 0.5) is 18.9 Å². The molecule has 0 saturated heterocycles. The van der Waals surface area contributed by atoms with E-state index in [0.29, 0.717) is 11.5 Å². The molecular formula is C28H26ClF3N4O4. The van der Waals surface area contributed by atoms with Crippen molar-refractivity contribution in [3.63, 3.8) is 0 Å². The Bertz CT molecular complexity index is 1390. The molecule has 0 radical (unpaired) electrons. The average Bonchev–Trinajstić information content (AvgIpc) is 2.91. The van der Waals surface area contributed by atoms with Crippen molar-refractivity contribution in [3.8, 4) is 5.75 Å². The Morgan fingerprint density at radius 1 is 1.00 bits per heavy atom. The van der Waals surface area contributed by atoms with E-state index >= 15 is 0 Å². The highest BCUT2D eigenvalue weighted by atomic mass is 35.5. The van der Waals surface area contributed by atoms with Crippen molar-refractivity contribution in [1.82, 2.24) is 10.7 Å². The zero-order chi connectivity index (χ0) is 29.3. The van der Waals surface area contributed by atoms with E-state index in [2.05, 4.69) is 35.0 Å². The van der Waals surface area contributed by atoms with Gasteiger partial charge in [0.05, 0.1) is 16.8 Å². The third kappa shape index (κ3) is 9.12. The molecule has 0 saturated carbocycles. The Labute approximate surface area is 233 Å². The summed E-state index contributed by atoms with van der Waals surface area (Å²) >= 11 is 6.17. The fourth-order valence-electron chi connectivity index (χ4n) is 3.33. The fourth-order valence-corrected chi connectivity index (χ4v) is 3.57. The van der Waals surface area contributed by atoms with Gasteiger partial charge >= 0.3 is 18.0 Å². The summed E-state index contributed by atoms with van der Waals surface area (Å²) in [4.78, 5) is 36.1. The topological polar surface area (TPSA) is 109 Å². The number of ether oxygens (including phenoxy) is 1. The molecule has 0 aliphatic carbocycles. The second-order valence-corrected chi connectivity index (χ2v) is 9.29. The summed E-state index contributed by atoms with van der Waals surface area (Å²) in [5, 5.41) is 8.69. The number of hydrogen-bond donors (Lipinski definition) is 3. The Balaban J connectivity index is 1.45. The molecule has 0 aliphatic heterocycles. The van der Waals surface area contributed by atoms with Crippen molar-refractivity contribution < 1.29 is 32.3 Å². The highest BCUT2D eigenvalue weighted by molar-refractivity contribution is 6.35. The van der Waals surface area contributed by atoms with Gasteiger partial charge in [-0.25, -0.2) is 5.43 Å². The molecule has 3 amide bonds. The minimum absolute atomic E-state index is 0.0305. The molecule has 0 heterocycles. The Hall–Kier alpha value is -4.38. The normalized spacial score (nSPS) is 11.4. The predicted octanol–water partition coefficient (Wildman–Crippen LogP) is 5.27. The van der Waals surface area contributed by atoms with Crippen molar-refractivity contribution in [3.05, 3.63) is 94.0 Å². The number of anilines is 1. The smallest absolute Gasteiger partial charge is 0.416 e. The lowest BCUT2D eigenvalue weighted by Crippen LogP contribution is -2.37. The molecular weight excluding hydrogens is 549 g/mol. The number of hydrogen-bond acceptors (Lipinski definition) is 5. The molecule has 0 spiro atoms. The lowest BCUT2D eigenvalue weighted by molar-refractivity contribution is -0.139. The van der Waals surface area contributed by atoms with Crippen molar-refractivity contribution >= 4 is 41.2 Å². The van der Waals surface area contributed by atoms with Crippen LogP contribution in [0.1, 0.15) is 42.0 Å². The van der Waals surface area contributed by atoms with Crippen LogP contribution < -0.4 is 20.8 Å². The van der Waals surface area contributed by atoms with Crippen LogP contribution in [0.3, 0.4) is 0 Å². The molecule has 40 heavy (non-hydrogen) atoms. The van der Waals surface area contributed by atoms with E-state index in [9.17, 15) is 27.6 Å².